The highest BCUT2D eigenvalue weighted by molar-refractivity contribution is 7.14. The van der Waals surface area contributed by atoms with Crippen molar-refractivity contribution in [1.29, 1.82) is 0 Å². The minimum Gasteiger partial charge on any atom is -0.326 e. The lowest BCUT2D eigenvalue weighted by Crippen LogP contribution is -2.13. The van der Waals surface area contributed by atoms with Gasteiger partial charge in [-0.2, -0.15) is 0 Å². The minimum absolute atomic E-state index is 0.0732. The van der Waals surface area contributed by atoms with Gasteiger partial charge in [0.05, 0.1) is 5.69 Å². The first-order valence-corrected chi connectivity index (χ1v) is 9.22. The number of hydrogen-bond acceptors (Lipinski definition) is 4. The van der Waals surface area contributed by atoms with Crippen LogP contribution < -0.4 is 10.6 Å². The molecule has 1 heterocycles. The highest BCUT2D eigenvalue weighted by Crippen LogP contribution is 2.18. The molecule has 0 spiro atoms. The Morgan fingerprint density at radius 1 is 1.00 bits per heavy atom. The van der Waals surface area contributed by atoms with Crippen molar-refractivity contribution in [2.45, 2.75) is 12.8 Å². The third-order valence-corrected chi connectivity index (χ3v) is 4.60. The van der Waals surface area contributed by atoms with Crippen LogP contribution in [0, 0.1) is 0 Å². The zero-order valence-electron chi connectivity index (χ0n) is 13.7. The molecule has 3 rings (SSSR count). The number of benzene rings is 2. The second-order valence-electron chi connectivity index (χ2n) is 5.52. The van der Waals surface area contributed by atoms with Crippen LogP contribution in [0.1, 0.15) is 22.5 Å². The van der Waals surface area contributed by atoms with Gasteiger partial charge >= 0.3 is 0 Å². The van der Waals surface area contributed by atoms with Gasteiger partial charge in [-0.3, -0.25) is 14.9 Å². The quantitative estimate of drug-likeness (QED) is 0.650. The van der Waals surface area contributed by atoms with Crippen LogP contribution >= 0.6 is 22.9 Å². The van der Waals surface area contributed by atoms with Crippen LogP contribution in [-0.4, -0.2) is 16.8 Å². The van der Waals surface area contributed by atoms with Gasteiger partial charge < -0.3 is 5.32 Å². The minimum atomic E-state index is -0.246. The monoisotopic (exact) mass is 385 g/mol. The summed E-state index contributed by atoms with van der Waals surface area (Å²) in [6.07, 6.45) is 0.829. The second-order valence-corrected chi connectivity index (χ2v) is 6.81. The number of nitrogens with zero attached hydrogens (tertiary/aromatic N) is 1. The lowest BCUT2D eigenvalue weighted by Gasteiger charge is -2.04. The van der Waals surface area contributed by atoms with Crippen LogP contribution in [-0.2, 0) is 11.2 Å². The molecule has 0 aliphatic carbocycles. The number of amides is 2. The number of carbonyl (C=O) groups excluding carboxylic acids is 2. The van der Waals surface area contributed by atoms with E-state index in [1.165, 1.54) is 11.3 Å². The summed E-state index contributed by atoms with van der Waals surface area (Å²) < 4.78 is 0. The number of nitrogens with one attached hydrogen (secondary N) is 2. The first-order chi connectivity index (χ1) is 12.6. The highest BCUT2D eigenvalue weighted by atomic mass is 35.5. The van der Waals surface area contributed by atoms with E-state index in [1.807, 2.05) is 35.7 Å². The molecule has 0 fully saturated rings. The van der Waals surface area contributed by atoms with E-state index in [1.54, 1.807) is 24.3 Å². The average molecular weight is 386 g/mol. The molecule has 132 valence electrons. The van der Waals surface area contributed by atoms with Crippen LogP contribution in [0.3, 0.4) is 0 Å². The van der Waals surface area contributed by atoms with Gasteiger partial charge in [-0.05, 0) is 42.8 Å². The highest BCUT2D eigenvalue weighted by Gasteiger charge is 2.10. The first kappa shape index (κ1) is 18.1. The lowest BCUT2D eigenvalue weighted by atomic mass is 10.2. The summed E-state index contributed by atoms with van der Waals surface area (Å²) in [6.45, 7) is 0. The molecule has 0 aliphatic rings. The predicted octanol–water partition coefficient (Wildman–Crippen LogP) is 4.62. The van der Waals surface area contributed by atoms with Gasteiger partial charge in [-0.15, -0.1) is 11.3 Å². The number of anilines is 2. The molecule has 0 radical (unpaired) electrons. The zero-order chi connectivity index (χ0) is 18.4. The molecule has 3 aromatic rings. The Labute approximate surface area is 160 Å². The number of para-hydroxylation sites is 1. The van der Waals surface area contributed by atoms with E-state index in [-0.39, 0.29) is 11.8 Å². The van der Waals surface area contributed by atoms with E-state index < -0.39 is 0 Å². The van der Waals surface area contributed by atoms with Gasteiger partial charge in [0.25, 0.3) is 5.91 Å². The molecule has 0 aliphatic heterocycles. The predicted molar refractivity (Wildman–Crippen MR) is 105 cm³/mol. The van der Waals surface area contributed by atoms with Crippen molar-refractivity contribution in [3.63, 3.8) is 0 Å². The van der Waals surface area contributed by atoms with Crippen molar-refractivity contribution in [3.8, 4) is 0 Å². The molecule has 1 aromatic heterocycles. The standard InChI is InChI=1S/C19H16ClN3O2S/c20-14-8-6-13(7-9-14)18(25)23-19-22-16(12-26-19)10-11-17(24)21-15-4-2-1-3-5-15/h1-9,12H,10-11H2,(H,21,24)(H,22,23,25). The van der Waals surface area contributed by atoms with Gasteiger partial charge in [0.2, 0.25) is 5.91 Å². The van der Waals surface area contributed by atoms with Gasteiger partial charge in [-0.1, -0.05) is 29.8 Å². The van der Waals surface area contributed by atoms with E-state index in [0.29, 0.717) is 28.6 Å². The SMILES string of the molecule is O=C(CCc1csc(NC(=O)c2ccc(Cl)cc2)n1)Nc1ccccc1. The van der Waals surface area contributed by atoms with E-state index in [4.69, 9.17) is 11.6 Å². The Morgan fingerprint density at radius 3 is 2.46 bits per heavy atom. The Balaban J connectivity index is 1.50. The first-order valence-electron chi connectivity index (χ1n) is 7.96. The summed E-state index contributed by atoms with van der Waals surface area (Å²) in [5.74, 6) is -0.319. The number of aryl methyl sites for hydroxylation is 1. The molecule has 0 bridgehead atoms. The van der Waals surface area contributed by atoms with E-state index in [2.05, 4.69) is 15.6 Å². The molecule has 0 saturated heterocycles. The summed E-state index contributed by atoms with van der Waals surface area (Å²) in [6, 6.07) is 15.9. The maximum Gasteiger partial charge on any atom is 0.257 e. The van der Waals surface area contributed by atoms with Crippen molar-refractivity contribution in [3.05, 3.63) is 76.3 Å². The van der Waals surface area contributed by atoms with Crippen LogP contribution in [0.4, 0.5) is 10.8 Å². The van der Waals surface area contributed by atoms with Crippen molar-refractivity contribution in [2.75, 3.05) is 10.6 Å². The molecular formula is C19H16ClN3O2S. The fourth-order valence-corrected chi connectivity index (χ4v) is 3.10. The maximum atomic E-state index is 12.2. The molecule has 2 amide bonds. The zero-order valence-corrected chi connectivity index (χ0v) is 15.3. The second kappa shape index (κ2) is 8.60. The third kappa shape index (κ3) is 5.15. The maximum absolute atomic E-state index is 12.2. The van der Waals surface area contributed by atoms with Gasteiger partial charge in [0.15, 0.2) is 5.13 Å². The van der Waals surface area contributed by atoms with Gasteiger partial charge in [-0.25, -0.2) is 4.98 Å². The average Bonchev–Trinajstić information content (AvgIpc) is 3.09. The number of thiazole rings is 1. The van der Waals surface area contributed by atoms with Crippen molar-refractivity contribution < 1.29 is 9.59 Å². The fourth-order valence-electron chi connectivity index (χ4n) is 2.24. The number of hydrogen-bond donors (Lipinski definition) is 2. The topological polar surface area (TPSA) is 71.1 Å². The molecule has 0 saturated carbocycles. The number of aromatic nitrogens is 1. The normalized spacial score (nSPS) is 10.3. The molecule has 2 aromatic carbocycles. The molecule has 5 nitrogen and oxygen atoms in total. The molecule has 2 N–H and O–H groups in total. The summed E-state index contributed by atoms with van der Waals surface area (Å²) in [5.41, 5.74) is 2.05. The van der Waals surface area contributed by atoms with E-state index in [9.17, 15) is 9.59 Å². The Morgan fingerprint density at radius 2 is 1.73 bits per heavy atom. The fraction of sp³-hybridized carbons (Fsp3) is 0.105. The van der Waals surface area contributed by atoms with Crippen LogP contribution in [0.25, 0.3) is 0 Å². The van der Waals surface area contributed by atoms with Gasteiger partial charge in [0, 0.05) is 28.1 Å². The summed E-state index contributed by atoms with van der Waals surface area (Å²) in [5, 5.41) is 8.50. The number of halogens is 1. The Kier molecular flexibility index (Phi) is 5.99. The third-order valence-electron chi connectivity index (χ3n) is 3.54. The summed E-state index contributed by atoms with van der Waals surface area (Å²) in [4.78, 5) is 28.5. The van der Waals surface area contributed by atoms with Crippen molar-refractivity contribution in [2.24, 2.45) is 0 Å². The Hall–Kier alpha value is -2.70. The summed E-state index contributed by atoms with van der Waals surface area (Å²) >= 11 is 7.15. The van der Waals surface area contributed by atoms with Crippen LogP contribution in [0.2, 0.25) is 5.02 Å². The largest absolute Gasteiger partial charge is 0.326 e. The number of carbonyl (C=O) groups is 2. The summed E-state index contributed by atoms with van der Waals surface area (Å²) in [7, 11) is 0. The van der Waals surface area contributed by atoms with Gasteiger partial charge in [0.1, 0.15) is 0 Å². The van der Waals surface area contributed by atoms with Crippen LogP contribution in [0.15, 0.2) is 60.0 Å². The van der Waals surface area contributed by atoms with Crippen LogP contribution in [0.5, 0.6) is 0 Å². The smallest absolute Gasteiger partial charge is 0.257 e. The molecule has 0 atom stereocenters. The molecular weight excluding hydrogens is 370 g/mol. The lowest BCUT2D eigenvalue weighted by molar-refractivity contribution is -0.116. The van der Waals surface area contributed by atoms with E-state index in [0.717, 1.165) is 11.4 Å². The van der Waals surface area contributed by atoms with Crippen molar-refractivity contribution in [1.82, 2.24) is 4.98 Å². The molecule has 7 heteroatoms. The van der Waals surface area contributed by atoms with Crippen molar-refractivity contribution >= 4 is 45.6 Å². The molecule has 0 unspecified atom stereocenters. The molecule has 26 heavy (non-hydrogen) atoms. The van der Waals surface area contributed by atoms with E-state index >= 15 is 0 Å². The Bertz CT molecular complexity index is 895. The number of rotatable bonds is 6.